The third-order valence-corrected chi connectivity index (χ3v) is 4.70. The zero-order valence-corrected chi connectivity index (χ0v) is 18.0. The smallest absolute Gasteiger partial charge is 0.343 e. The Bertz CT molecular complexity index is 1210. The van der Waals surface area contributed by atoms with Crippen LogP contribution in [-0.4, -0.2) is 29.6 Å². The lowest BCUT2D eigenvalue weighted by molar-refractivity contribution is -0.384. The molecule has 0 saturated carbocycles. The molecule has 3 aromatic rings. The quantitative estimate of drug-likeness (QED) is 0.183. The van der Waals surface area contributed by atoms with Gasteiger partial charge in [0.05, 0.1) is 16.7 Å². The number of rotatable bonds is 8. The second kappa shape index (κ2) is 10.7. The largest absolute Gasteiger partial charge is 0.483 e. The molecule has 0 spiro atoms. The van der Waals surface area contributed by atoms with E-state index in [-0.39, 0.29) is 23.6 Å². The van der Waals surface area contributed by atoms with E-state index in [1.54, 1.807) is 30.3 Å². The summed E-state index contributed by atoms with van der Waals surface area (Å²) in [6.07, 6.45) is 1.40. The standard InChI is InChI=1S/C24H21N3O6/c1-16-5-3-8-22(17(16)2)32-15-23(28)26-25-14-18-6-4-7-21(13-18)33-24(29)19-9-11-20(12-10-19)27(30)31/h3-14H,15H2,1-2H3,(H,26,28)/b25-14-. The molecule has 0 bridgehead atoms. The molecular formula is C24H21N3O6. The van der Waals surface area contributed by atoms with Crippen molar-refractivity contribution in [2.75, 3.05) is 6.61 Å². The topological polar surface area (TPSA) is 120 Å². The second-order valence-corrected chi connectivity index (χ2v) is 7.05. The maximum atomic E-state index is 12.2. The Hall–Kier alpha value is -4.53. The zero-order valence-electron chi connectivity index (χ0n) is 18.0. The summed E-state index contributed by atoms with van der Waals surface area (Å²) in [6, 6.07) is 17.2. The van der Waals surface area contributed by atoms with Crippen LogP contribution in [0.15, 0.2) is 71.8 Å². The molecule has 0 aliphatic rings. The van der Waals surface area contributed by atoms with E-state index in [2.05, 4.69) is 10.5 Å². The van der Waals surface area contributed by atoms with E-state index in [0.717, 1.165) is 11.1 Å². The number of hydrazone groups is 1. The fourth-order valence-electron chi connectivity index (χ4n) is 2.78. The van der Waals surface area contributed by atoms with Gasteiger partial charge in [0.2, 0.25) is 0 Å². The molecule has 0 heterocycles. The number of non-ortho nitro benzene ring substituents is 1. The van der Waals surface area contributed by atoms with Crippen LogP contribution in [-0.2, 0) is 4.79 Å². The van der Waals surface area contributed by atoms with Gasteiger partial charge in [-0.25, -0.2) is 10.2 Å². The van der Waals surface area contributed by atoms with Crippen molar-refractivity contribution in [1.29, 1.82) is 0 Å². The molecule has 9 nitrogen and oxygen atoms in total. The van der Waals surface area contributed by atoms with Crippen LogP contribution >= 0.6 is 0 Å². The van der Waals surface area contributed by atoms with Crippen molar-refractivity contribution in [1.82, 2.24) is 5.43 Å². The molecule has 3 rings (SSSR count). The normalized spacial score (nSPS) is 10.6. The highest BCUT2D eigenvalue weighted by atomic mass is 16.6. The molecule has 0 aliphatic carbocycles. The number of nitro groups is 1. The molecule has 0 radical (unpaired) electrons. The molecule has 9 heteroatoms. The van der Waals surface area contributed by atoms with Gasteiger partial charge in [0.15, 0.2) is 6.61 Å². The summed E-state index contributed by atoms with van der Waals surface area (Å²) in [5.74, 6) is -0.188. The summed E-state index contributed by atoms with van der Waals surface area (Å²) in [7, 11) is 0. The van der Waals surface area contributed by atoms with Crippen LogP contribution in [0.1, 0.15) is 27.0 Å². The summed E-state index contributed by atoms with van der Waals surface area (Å²) in [6.45, 7) is 3.70. The highest BCUT2D eigenvalue weighted by Crippen LogP contribution is 2.20. The van der Waals surface area contributed by atoms with E-state index < -0.39 is 16.8 Å². The van der Waals surface area contributed by atoms with Gasteiger partial charge in [-0.2, -0.15) is 5.10 Å². The van der Waals surface area contributed by atoms with Crippen molar-refractivity contribution in [3.63, 3.8) is 0 Å². The summed E-state index contributed by atoms with van der Waals surface area (Å²) in [5, 5.41) is 14.6. The average Bonchev–Trinajstić information content (AvgIpc) is 2.80. The molecule has 168 valence electrons. The minimum absolute atomic E-state index is 0.119. The van der Waals surface area contributed by atoms with Crippen molar-refractivity contribution in [3.8, 4) is 11.5 Å². The van der Waals surface area contributed by atoms with Crippen molar-refractivity contribution < 1.29 is 24.0 Å². The number of nitrogens with one attached hydrogen (secondary N) is 1. The Balaban J connectivity index is 1.53. The Morgan fingerprint density at radius 3 is 2.52 bits per heavy atom. The number of carbonyl (C=O) groups is 2. The van der Waals surface area contributed by atoms with E-state index in [1.165, 1.54) is 30.5 Å². The third-order valence-electron chi connectivity index (χ3n) is 4.70. The Morgan fingerprint density at radius 1 is 1.06 bits per heavy atom. The molecule has 0 aliphatic heterocycles. The fraction of sp³-hybridized carbons (Fsp3) is 0.125. The summed E-state index contributed by atoms with van der Waals surface area (Å²) in [5.41, 5.74) is 5.06. The van der Waals surface area contributed by atoms with Gasteiger partial charge in [0, 0.05) is 12.1 Å². The molecule has 1 N–H and O–H groups in total. The van der Waals surface area contributed by atoms with E-state index in [0.29, 0.717) is 11.3 Å². The van der Waals surface area contributed by atoms with Crippen LogP contribution in [0.5, 0.6) is 11.5 Å². The number of nitro benzene ring substituents is 1. The van der Waals surface area contributed by atoms with Gasteiger partial charge in [-0.05, 0) is 60.9 Å². The van der Waals surface area contributed by atoms with Gasteiger partial charge >= 0.3 is 5.97 Å². The molecule has 0 fully saturated rings. The van der Waals surface area contributed by atoms with Gasteiger partial charge in [0.1, 0.15) is 11.5 Å². The van der Waals surface area contributed by atoms with Crippen molar-refractivity contribution in [2.45, 2.75) is 13.8 Å². The van der Waals surface area contributed by atoms with E-state index >= 15 is 0 Å². The first-order valence-electron chi connectivity index (χ1n) is 9.91. The van der Waals surface area contributed by atoms with Crippen LogP contribution in [0.3, 0.4) is 0 Å². The van der Waals surface area contributed by atoms with Crippen LogP contribution in [0, 0.1) is 24.0 Å². The number of nitrogens with zero attached hydrogens (tertiary/aromatic N) is 2. The SMILES string of the molecule is Cc1cccc(OCC(=O)N/N=C\c2cccc(OC(=O)c3ccc([N+](=O)[O-])cc3)c2)c1C. The van der Waals surface area contributed by atoms with Crippen LogP contribution in [0.4, 0.5) is 5.69 Å². The molecule has 0 atom stereocenters. The van der Waals surface area contributed by atoms with Crippen molar-refractivity contribution >= 4 is 23.8 Å². The Labute approximate surface area is 189 Å². The lowest BCUT2D eigenvalue weighted by Gasteiger charge is -2.09. The molecular weight excluding hydrogens is 426 g/mol. The Kier molecular flexibility index (Phi) is 7.48. The highest BCUT2D eigenvalue weighted by Gasteiger charge is 2.12. The molecule has 0 unspecified atom stereocenters. The number of hydrogen-bond donors (Lipinski definition) is 1. The number of benzene rings is 3. The average molecular weight is 447 g/mol. The highest BCUT2D eigenvalue weighted by molar-refractivity contribution is 5.91. The molecule has 1 amide bonds. The van der Waals surface area contributed by atoms with E-state index in [1.807, 2.05) is 26.0 Å². The number of carbonyl (C=O) groups excluding carboxylic acids is 2. The lowest BCUT2D eigenvalue weighted by Crippen LogP contribution is -2.24. The second-order valence-electron chi connectivity index (χ2n) is 7.05. The molecule has 0 aromatic heterocycles. The Morgan fingerprint density at radius 2 is 1.79 bits per heavy atom. The first-order valence-corrected chi connectivity index (χ1v) is 9.91. The number of hydrogen-bond acceptors (Lipinski definition) is 7. The van der Waals surface area contributed by atoms with Gasteiger partial charge in [-0.15, -0.1) is 0 Å². The number of esters is 1. The van der Waals surface area contributed by atoms with Gasteiger partial charge in [-0.3, -0.25) is 14.9 Å². The van der Waals surface area contributed by atoms with Gasteiger partial charge in [-0.1, -0.05) is 24.3 Å². The van der Waals surface area contributed by atoms with Crippen LogP contribution in [0.2, 0.25) is 0 Å². The molecule has 0 saturated heterocycles. The minimum atomic E-state index is -0.657. The van der Waals surface area contributed by atoms with E-state index in [4.69, 9.17) is 9.47 Å². The summed E-state index contributed by atoms with van der Waals surface area (Å²) in [4.78, 5) is 34.4. The van der Waals surface area contributed by atoms with E-state index in [9.17, 15) is 19.7 Å². The van der Waals surface area contributed by atoms with Gasteiger partial charge in [0.25, 0.3) is 11.6 Å². The van der Waals surface area contributed by atoms with Crippen molar-refractivity contribution in [2.24, 2.45) is 5.10 Å². The lowest BCUT2D eigenvalue weighted by atomic mass is 10.1. The minimum Gasteiger partial charge on any atom is -0.483 e. The zero-order chi connectivity index (χ0) is 23.8. The fourth-order valence-corrected chi connectivity index (χ4v) is 2.78. The van der Waals surface area contributed by atoms with Crippen LogP contribution < -0.4 is 14.9 Å². The summed E-state index contributed by atoms with van der Waals surface area (Å²) >= 11 is 0. The van der Waals surface area contributed by atoms with Crippen molar-refractivity contribution in [3.05, 3.63) is 99.1 Å². The number of ether oxygens (including phenoxy) is 2. The maximum Gasteiger partial charge on any atom is 0.343 e. The monoisotopic (exact) mass is 447 g/mol. The van der Waals surface area contributed by atoms with Crippen LogP contribution in [0.25, 0.3) is 0 Å². The summed E-state index contributed by atoms with van der Waals surface area (Å²) < 4.78 is 10.8. The number of amides is 1. The third kappa shape index (κ3) is 6.47. The first kappa shape index (κ1) is 23.1. The van der Waals surface area contributed by atoms with Gasteiger partial charge < -0.3 is 9.47 Å². The first-order chi connectivity index (χ1) is 15.8. The maximum absolute atomic E-state index is 12.2. The predicted molar refractivity (Wildman–Crippen MR) is 122 cm³/mol. The molecule has 33 heavy (non-hydrogen) atoms. The predicted octanol–water partition coefficient (Wildman–Crippen LogP) is 3.96. The molecule has 3 aromatic carbocycles. The number of aryl methyl sites for hydroxylation is 1.